The van der Waals surface area contributed by atoms with E-state index >= 15 is 0 Å². The van der Waals surface area contributed by atoms with E-state index in [1.54, 1.807) is 13.0 Å². The first-order valence-electron chi connectivity index (χ1n) is 6.06. The maximum atomic E-state index is 12.1. The summed E-state index contributed by atoms with van der Waals surface area (Å²) in [6.07, 6.45) is 0. The molecule has 6 heteroatoms. The molecule has 0 saturated carbocycles. The zero-order chi connectivity index (χ0) is 15.6. The second kappa shape index (κ2) is 5.54. The largest absolute Gasteiger partial charge is 0.507 e. The third-order valence-corrected chi connectivity index (χ3v) is 2.98. The van der Waals surface area contributed by atoms with Gasteiger partial charge in [0, 0.05) is 5.69 Å². The van der Waals surface area contributed by atoms with Gasteiger partial charge in [-0.2, -0.15) is 0 Å². The lowest BCUT2D eigenvalue weighted by molar-refractivity contribution is 0.0696. The van der Waals surface area contributed by atoms with Crippen LogP contribution in [0.2, 0.25) is 0 Å². The fourth-order valence-corrected chi connectivity index (χ4v) is 1.84. The van der Waals surface area contributed by atoms with Crippen molar-refractivity contribution in [1.82, 2.24) is 0 Å². The number of carboxylic acids is 1. The lowest BCUT2D eigenvalue weighted by atomic mass is 10.1. The molecule has 0 heterocycles. The molecule has 0 fully saturated rings. The third-order valence-electron chi connectivity index (χ3n) is 2.98. The quantitative estimate of drug-likeness (QED) is 0.693. The molecule has 0 aliphatic rings. The monoisotopic (exact) mass is 287 g/mol. The number of nitrogens with one attached hydrogen (secondary N) is 1. The number of carbonyl (C=O) groups excluding carboxylic acids is 1. The standard InChI is InChI=1S/C15H13NO5/c1-8-5-6-9(15(20)21)7-10(8)16-14(19)13-11(17)3-2-4-12(13)18/h2-7,17-18H,1H3,(H,16,19)(H,20,21). The number of carbonyl (C=O) groups is 2. The predicted octanol–water partition coefficient (Wildman–Crippen LogP) is 2.36. The highest BCUT2D eigenvalue weighted by Gasteiger charge is 2.17. The Morgan fingerprint density at radius 1 is 1.05 bits per heavy atom. The maximum Gasteiger partial charge on any atom is 0.335 e. The van der Waals surface area contributed by atoms with Gasteiger partial charge in [0.05, 0.1) is 5.56 Å². The van der Waals surface area contributed by atoms with Crippen molar-refractivity contribution in [3.63, 3.8) is 0 Å². The number of phenols is 2. The van der Waals surface area contributed by atoms with Gasteiger partial charge < -0.3 is 20.6 Å². The van der Waals surface area contributed by atoms with E-state index in [0.29, 0.717) is 11.3 Å². The fourth-order valence-electron chi connectivity index (χ4n) is 1.84. The molecule has 108 valence electrons. The lowest BCUT2D eigenvalue weighted by Gasteiger charge is -2.11. The summed E-state index contributed by atoms with van der Waals surface area (Å²) in [5, 5.41) is 30.7. The van der Waals surface area contributed by atoms with E-state index in [1.165, 1.54) is 30.3 Å². The average Bonchev–Trinajstić information content (AvgIpc) is 2.40. The fraction of sp³-hybridized carbons (Fsp3) is 0.0667. The van der Waals surface area contributed by atoms with Crippen LogP contribution in [0.3, 0.4) is 0 Å². The molecule has 21 heavy (non-hydrogen) atoms. The van der Waals surface area contributed by atoms with Crippen molar-refractivity contribution in [2.75, 3.05) is 5.32 Å². The number of carboxylic acid groups (broad SMARTS) is 1. The zero-order valence-electron chi connectivity index (χ0n) is 11.1. The van der Waals surface area contributed by atoms with Gasteiger partial charge in [-0.15, -0.1) is 0 Å². The summed E-state index contributed by atoms with van der Waals surface area (Å²) < 4.78 is 0. The van der Waals surface area contributed by atoms with Gasteiger partial charge in [0.2, 0.25) is 0 Å². The SMILES string of the molecule is Cc1ccc(C(=O)O)cc1NC(=O)c1c(O)cccc1O. The lowest BCUT2D eigenvalue weighted by Crippen LogP contribution is -2.14. The molecule has 0 aliphatic heterocycles. The molecule has 1 amide bonds. The minimum atomic E-state index is -1.11. The van der Waals surface area contributed by atoms with E-state index in [2.05, 4.69) is 5.32 Å². The van der Waals surface area contributed by atoms with E-state index in [0.717, 1.165) is 0 Å². The van der Waals surface area contributed by atoms with Crippen LogP contribution in [0, 0.1) is 6.92 Å². The van der Waals surface area contributed by atoms with Gasteiger partial charge in [-0.1, -0.05) is 12.1 Å². The number of aromatic carboxylic acids is 1. The van der Waals surface area contributed by atoms with E-state index in [-0.39, 0.29) is 22.6 Å². The first-order chi connectivity index (χ1) is 9.90. The normalized spacial score (nSPS) is 10.1. The van der Waals surface area contributed by atoms with Crippen LogP contribution in [0.1, 0.15) is 26.3 Å². The Labute approximate surface area is 120 Å². The van der Waals surface area contributed by atoms with Crippen LogP contribution in [-0.4, -0.2) is 27.2 Å². The zero-order valence-corrected chi connectivity index (χ0v) is 11.1. The molecule has 2 rings (SSSR count). The second-order valence-electron chi connectivity index (χ2n) is 4.46. The van der Waals surface area contributed by atoms with Crippen molar-refractivity contribution in [1.29, 1.82) is 0 Å². The molecule has 0 unspecified atom stereocenters. The molecule has 0 saturated heterocycles. The van der Waals surface area contributed by atoms with Crippen molar-refractivity contribution in [3.8, 4) is 11.5 Å². The molecule has 2 aromatic carbocycles. The topological polar surface area (TPSA) is 107 Å². The van der Waals surface area contributed by atoms with Gasteiger partial charge in [0.15, 0.2) is 0 Å². The molecule has 0 aromatic heterocycles. The number of benzene rings is 2. The Morgan fingerprint density at radius 2 is 1.67 bits per heavy atom. The summed E-state index contributed by atoms with van der Waals surface area (Å²) in [6.45, 7) is 1.70. The number of phenolic OH excluding ortho intramolecular Hbond substituents is 2. The molecule has 0 spiro atoms. The highest BCUT2D eigenvalue weighted by molar-refractivity contribution is 6.08. The van der Waals surface area contributed by atoms with E-state index in [1.807, 2.05) is 0 Å². The number of hydrogen-bond donors (Lipinski definition) is 4. The number of aryl methyl sites for hydroxylation is 1. The van der Waals surface area contributed by atoms with Crippen molar-refractivity contribution in [2.45, 2.75) is 6.92 Å². The number of anilines is 1. The Balaban J connectivity index is 2.36. The van der Waals surface area contributed by atoms with Crippen molar-refractivity contribution in [2.24, 2.45) is 0 Å². The summed E-state index contributed by atoms with van der Waals surface area (Å²) in [5.41, 5.74) is 0.709. The molecule has 0 radical (unpaired) electrons. The van der Waals surface area contributed by atoms with Gasteiger partial charge >= 0.3 is 5.97 Å². The van der Waals surface area contributed by atoms with E-state index < -0.39 is 11.9 Å². The minimum absolute atomic E-state index is 0.0254. The third kappa shape index (κ3) is 2.94. The van der Waals surface area contributed by atoms with Gasteiger partial charge in [-0.3, -0.25) is 4.79 Å². The van der Waals surface area contributed by atoms with Crippen molar-refractivity contribution in [3.05, 3.63) is 53.1 Å². The molecule has 6 nitrogen and oxygen atoms in total. The second-order valence-corrected chi connectivity index (χ2v) is 4.46. The Hall–Kier alpha value is -3.02. The summed E-state index contributed by atoms with van der Waals surface area (Å²) in [5.74, 6) is -2.56. The highest BCUT2D eigenvalue weighted by Crippen LogP contribution is 2.28. The first kappa shape index (κ1) is 14.4. The number of amides is 1. The Morgan fingerprint density at radius 3 is 2.24 bits per heavy atom. The number of hydrogen-bond acceptors (Lipinski definition) is 4. The Bertz CT molecular complexity index is 704. The van der Waals surface area contributed by atoms with Crippen LogP contribution >= 0.6 is 0 Å². The average molecular weight is 287 g/mol. The van der Waals surface area contributed by atoms with Gasteiger partial charge in [0.25, 0.3) is 5.91 Å². The molecule has 0 aliphatic carbocycles. The predicted molar refractivity (Wildman–Crippen MR) is 75.9 cm³/mol. The molecular weight excluding hydrogens is 274 g/mol. The first-order valence-corrected chi connectivity index (χ1v) is 6.06. The van der Waals surface area contributed by atoms with Crippen molar-refractivity contribution >= 4 is 17.6 Å². The van der Waals surface area contributed by atoms with Crippen LogP contribution in [0.4, 0.5) is 5.69 Å². The number of aromatic hydroxyl groups is 2. The molecule has 0 atom stereocenters. The van der Waals surface area contributed by atoms with Crippen molar-refractivity contribution < 1.29 is 24.9 Å². The van der Waals surface area contributed by atoms with E-state index in [4.69, 9.17) is 5.11 Å². The summed E-state index contributed by atoms with van der Waals surface area (Å²) in [7, 11) is 0. The summed E-state index contributed by atoms with van der Waals surface area (Å²) in [6, 6.07) is 8.24. The van der Waals surface area contributed by atoms with Crippen LogP contribution < -0.4 is 5.32 Å². The highest BCUT2D eigenvalue weighted by atomic mass is 16.4. The summed E-state index contributed by atoms with van der Waals surface area (Å²) in [4.78, 5) is 23.0. The van der Waals surface area contributed by atoms with E-state index in [9.17, 15) is 19.8 Å². The smallest absolute Gasteiger partial charge is 0.335 e. The van der Waals surface area contributed by atoms with Gasteiger partial charge in [-0.05, 0) is 36.8 Å². The Kier molecular flexibility index (Phi) is 3.80. The molecule has 4 N–H and O–H groups in total. The molecular formula is C15H13NO5. The minimum Gasteiger partial charge on any atom is -0.507 e. The number of rotatable bonds is 3. The van der Waals surface area contributed by atoms with Crippen LogP contribution in [0.15, 0.2) is 36.4 Å². The molecule has 0 bridgehead atoms. The van der Waals surface area contributed by atoms with Gasteiger partial charge in [-0.25, -0.2) is 4.79 Å². The van der Waals surface area contributed by atoms with Crippen LogP contribution in [0.25, 0.3) is 0 Å². The maximum absolute atomic E-state index is 12.1. The molecule has 2 aromatic rings. The summed E-state index contributed by atoms with van der Waals surface area (Å²) >= 11 is 0. The van der Waals surface area contributed by atoms with Crippen LogP contribution in [0.5, 0.6) is 11.5 Å². The van der Waals surface area contributed by atoms with Crippen LogP contribution in [-0.2, 0) is 0 Å². The van der Waals surface area contributed by atoms with Gasteiger partial charge in [0.1, 0.15) is 17.1 Å².